The summed E-state index contributed by atoms with van der Waals surface area (Å²) in [6.07, 6.45) is 3.05. The van der Waals surface area contributed by atoms with Crippen LogP contribution >= 0.6 is 24.8 Å². The quantitative estimate of drug-likeness (QED) is 0.358. The molecular formula is C22H25Cl2OSiZr-3. The predicted octanol–water partition coefficient (Wildman–Crippen LogP) is 5.83. The number of aliphatic hydroxyl groups is 1. The monoisotopic (exact) mass is 493 g/mol. The van der Waals surface area contributed by atoms with Crippen molar-refractivity contribution in [3.63, 3.8) is 0 Å². The van der Waals surface area contributed by atoms with Crippen molar-refractivity contribution >= 4 is 48.0 Å². The molecule has 1 atom stereocenters. The Kier molecular flexibility index (Phi) is 14.4. The standard InChI is InChI=1S/C20H17O.2CH3.2ClH.Si.Zr/c21-12-11-15-13-20(18-8-4-3-7-17(15)18)19-10-9-14-5-1-2-6-16(14)19;;;;;;/h1-10,13,20-21H,11-12H2;2*1H3;2*1H;;/q3*-1;;;;. The van der Waals surface area contributed by atoms with Crippen molar-refractivity contribution in [1.82, 2.24) is 0 Å². The Labute approximate surface area is 192 Å². The number of benzene rings is 2. The van der Waals surface area contributed by atoms with Gasteiger partial charge in [0, 0.05) is 6.61 Å². The second-order valence-corrected chi connectivity index (χ2v) is 5.61. The molecule has 4 rings (SSSR count). The van der Waals surface area contributed by atoms with E-state index in [1.54, 1.807) is 0 Å². The Bertz CT molecular complexity index is 860. The van der Waals surface area contributed by atoms with Crippen LogP contribution in [-0.4, -0.2) is 18.6 Å². The third kappa shape index (κ3) is 5.71. The van der Waals surface area contributed by atoms with Crippen LogP contribution in [0.3, 0.4) is 0 Å². The minimum atomic E-state index is 0. The van der Waals surface area contributed by atoms with Crippen LogP contribution in [0.15, 0.2) is 66.7 Å². The summed E-state index contributed by atoms with van der Waals surface area (Å²) in [6.45, 7) is 3.27. The molecular weight excluding hydrogens is 470 g/mol. The molecule has 1 nitrogen and oxygen atoms in total. The minimum absolute atomic E-state index is 0. The molecule has 3 aromatic carbocycles. The van der Waals surface area contributed by atoms with E-state index in [9.17, 15) is 5.11 Å². The molecule has 0 saturated carbocycles. The summed E-state index contributed by atoms with van der Waals surface area (Å²) in [5, 5.41) is 11.9. The Morgan fingerprint density at radius 1 is 0.926 bits per heavy atom. The van der Waals surface area contributed by atoms with E-state index in [0.29, 0.717) is 5.92 Å². The molecule has 0 bridgehead atoms. The maximum absolute atomic E-state index is 9.30. The summed E-state index contributed by atoms with van der Waals surface area (Å²) in [6, 6.07) is 21.6. The first-order valence-electron chi connectivity index (χ1n) is 7.68. The maximum atomic E-state index is 9.30. The van der Waals surface area contributed by atoms with Gasteiger partial charge in [0.2, 0.25) is 0 Å². The molecule has 0 heterocycles. The number of hydrogen-bond donors (Lipinski definition) is 1. The first-order chi connectivity index (χ1) is 11.4. The number of hydrogen-bond acceptors (Lipinski definition) is 1. The fourth-order valence-electron chi connectivity index (χ4n) is 3.48. The van der Waals surface area contributed by atoms with Gasteiger partial charge < -0.3 is 20.0 Å². The molecule has 1 N–H and O–H groups in total. The van der Waals surface area contributed by atoms with Gasteiger partial charge in [-0.2, -0.15) is 6.07 Å². The fraction of sp³-hybridized carbons (Fsp3) is 0.136. The van der Waals surface area contributed by atoms with Gasteiger partial charge in [0.1, 0.15) is 0 Å². The zero-order chi connectivity index (χ0) is 16.2. The van der Waals surface area contributed by atoms with Crippen LogP contribution in [0.5, 0.6) is 0 Å². The van der Waals surface area contributed by atoms with Gasteiger partial charge in [-0.05, 0) is 29.0 Å². The van der Waals surface area contributed by atoms with E-state index in [-0.39, 0.29) is 46.3 Å². The Hall–Kier alpha value is -0.570. The van der Waals surface area contributed by atoms with Gasteiger partial charge in [0.05, 0.1) is 0 Å². The summed E-state index contributed by atoms with van der Waals surface area (Å²) in [5.74, 6) is 0.308. The molecule has 1 aliphatic rings. The van der Waals surface area contributed by atoms with Crippen molar-refractivity contribution in [2.24, 2.45) is 0 Å². The summed E-state index contributed by atoms with van der Waals surface area (Å²) in [5.41, 5.74) is 5.29. The van der Waals surface area contributed by atoms with Crippen molar-refractivity contribution in [3.8, 4) is 0 Å². The van der Waals surface area contributed by atoms with E-state index in [2.05, 4.69) is 73.6 Å². The normalized spacial score (nSPS) is 13.3. The number of rotatable bonds is 3. The molecule has 0 aromatic heterocycles. The Balaban J connectivity index is 0. The van der Waals surface area contributed by atoms with Gasteiger partial charge in [-0.1, -0.05) is 36.4 Å². The first kappa shape index (κ1) is 28.6. The fourth-order valence-corrected chi connectivity index (χ4v) is 3.48. The van der Waals surface area contributed by atoms with Gasteiger partial charge in [-0.25, -0.2) is 0 Å². The van der Waals surface area contributed by atoms with Crippen LogP contribution in [0.25, 0.3) is 16.3 Å². The van der Waals surface area contributed by atoms with Gasteiger partial charge in [-0.3, -0.25) is 0 Å². The molecule has 0 amide bonds. The number of allylic oxidation sites excluding steroid dienone is 1. The number of aliphatic hydroxyl groups excluding tert-OH is 1. The molecule has 5 heteroatoms. The SMILES string of the molecule is Cl.Cl.OCCC1=CC([c-]2ccc3ccccc32)c2ccccc21.[CH3-].[CH3-].[Si]=[Zr]. The van der Waals surface area contributed by atoms with Gasteiger partial charge in [0.25, 0.3) is 0 Å². The molecule has 1 aliphatic carbocycles. The average Bonchev–Trinajstić information content (AvgIpc) is 3.19. The Morgan fingerprint density at radius 2 is 1.56 bits per heavy atom. The molecule has 3 aromatic rings. The van der Waals surface area contributed by atoms with Gasteiger partial charge in [0.15, 0.2) is 0 Å². The van der Waals surface area contributed by atoms with Gasteiger partial charge in [-0.15, -0.1) is 65.4 Å². The van der Waals surface area contributed by atoms with Crippen LogP contribution < -0.4 is 0 Å². The molecule has 144 valence electrons. The van der Waals surface area contributed by atoms with Crippen LogP contribution in [0, 0.1) is 14.9 Å². The second kappa shape index (κ2) is 13.6. The average molecular weight is 496 g/mol. The summed E-state index contributed by atoms with van der Waals surface area (Å²) in [4.78, 5) is 0. The topological polar surface area (TPSA) is 20.2 Å². The first-order valence-corrected chi connectivity index (χ1v) is 11.9. The molecule has 0 spiro atoms. The van der Waals surface area contributed by atoms with E-state index in [0.717, 1.165) is 6.42 Å². The third-order valence-electron chi connectivity index (χ3n) is 4.44. The molecule has 27 heavy (non-hydrogen) atoms. The van der Waals surface area contributed by atoms with Crippen molar-refractivity contribution < 1.29 is 28.4 Å². The second-order valence-electron chi connectivity index (χ2n) is 5.61. The number of halogens is 2. The van der Waals surface area contributed by atoms with E-state index in [1.165, 1.54) is 56.4 Å². The summed E-state index contributed by atoms with van der Waals surface area (Å²) < 4.78 is 0. The zero-order valence-corrected chi connectivity index (χ0v) is 20.7. The van der Waals surface area contributed by atoms with Crippen molar-refractivity contribution in [2.45, 2.75) is 12.3 Å². The summed E-state index contributed by atoms with van der Waals surface area (Å²) in [7, 11) is 0. The van der Waals surface area contributed by atoms with E-state index < -0.39 is 0 Å². The van der Waals surface area contributed by atoms with Gasteiger partial charge >= 0.3 is 30.2 Å². The van der Waals surface area contributed by atoms with E-state index >= 15 is 0 Å². The van der Waals surface area contributed by atoms with Crippen molar-refractivity contribution in [2.75, 3.05) is 6.61 Å². The third-order valence-corrected chi connectivity index (χ3v) is 4.44. The van der Waals surface area contributed by atoms with Crippen molar-refractivity contribution in [1.29, 1.82) is 0 Å². The van der Waals surface area contributed by atoms with Crippen LogP contribution in [0.1, 0.15) is 29.0 Å². The Morgan fingerprint density at radius 3 is 2.26 bits per heavy atom. The molecule has 1 unspecified atom stereocenters. The predicted molar refractivity (Wildman–Crippen MR) is 121 cm³/mol. The van der Waals surface area contributed by atoms with Crippen LogP contribution in [0.2, 0.25) is 0 Å². The molecule has 0 saturated heterocycles. The molecule has 2 radical (unpaired) electrons. The number of fused-ring (bicyclic) bond motifs is 2. The zero-order valence-electron chi connectivity index (χ0n) is 15.6. The summed E-state index contributed by atoms with van der Waals surface area (Å²) >= 11 is 1.36. The van der Waals surface area contributed by atoms with Crippen molar-refractivity contribution in [3.05, 3.63) is 98.3 Å². The van der Waals surface area contributed by atoms with Crippen LogP contribution in [0.4, 0.5) is 0 Å². The molecule has 0 fully saturated rings. The molecule has 0 aliphatic heterocycles. The van der Waals surface area contributed by atoms with Crippen LogP contribution in [-0.2, 0) is 23.3 Å². The van der Waals surface area contributed by atoms with E-state index in [1.807, 2.05) is 0 Å². The van der Waals surface area contributed by atoms with E-state index in [4.69, 9.17) is 0 Å².